The van der Waals surface area contributed by atoms with Gasteiger partial charge in [0.2, 0.25) is 0 Å². The molecule has 2 heteroatoms. The molecule has 0 saturated heterocycles. The number of hydrogen-bond acceptors (Lipinski definition) is 2. The van der Waals surface area contributed by atoms with Crippen molar-refractivity contribution >= 4 is 12.0 Å². The quantitative estimate of drug-likeness (QED) is 0.274. The van der Waals surface area contributed by atoms with Gasteiger partial charge < -0.3 is 4.74 Å². The lowest BCUT2D eigenvalue weighted by Crippen LogP contribution is -2.11. The van der Waals surface area contributed by atoms with Gasteiger partial charge in [0.15, 0.2) is 0 Å². The Bertz CT molecular complexity index is 502. The zero-order valence-electron chi connectivity index (χ0n) is 14.6. The van der Waals surface area contributed by atoms with E-state index in [4.69, 9.17) is 4.74 Å². The summed E-state index contributed by atoms with van der Waals surface area (Å²) in [5.74, 6) is -0.276. The van der Waals surface area contributed by atoms with E-state index in [2.05, 4.69) is 13.5 Å². The molecule has 0 aliphatic heterocycles. The minimum absolute atomic E-state index is 0.195. The fourth-order valence-electron chi connectivity index (χ4n) is 2.69. The molecule has 0 amide bonds. The summed E-state index contributed by atoms with van der Waals surface area (Å²) in [5, 5.41) is 0. The second-order valence-electron chi connectivity index (χ2n) is 5.82. The molecule has 1 atom stereocenters. The van der Waals surface area contributed by atoms with Crippen LogP contribution in [0.4, 0.5) is 0 Å². The number of unbranched alkanes of at least 4 members (excludes halogenated alkanes) is 5. The Balaban J connectivity index is 2.69. The molecule has 0 spiro atoms. The lowest BCUT2D eigenvalue weighted by molar-refractivity contribution is -0.143. The van der Waals surface area contributed by atoms with Crippen LogP contribution < -0.4 is 0 Å². The first kappa shape index (κ1) is 19.2. The van der Waals surface area contributed by atoms with Crippen LogP contribution in [0.25, 0.3) is 6.08 Å². The summed E-state index contributed by atoms with van der Waals surface area (Å²) in [5.41, 5.74) is 2.09. The molecule has 0 aromatic heterocycles. The van der Waals surface area contributed by atoms with E-state index < -0.39 is 0 Å². The van der Waals surface area contributed by atoms with Gasteiger partial charge in [-0.1, -0.05) is 82.0 Å². The minimum Gasteiger partial charge on any atom is -0.454 e. The number of carbonyl (C=O) groups is 1. The third kappa shape index (κ3) is 7.32. The van der Waals surface area contributed by atoms with Crippen LogP contribution in [0.3, 0.4) is 0 Å². The van der Waals surface area contributed by atoms with Gasteiger partial charge in [-0.2, -0.15) is 0 Å². The van der Waals surface area contributed by atoms with Crippen LogP contribution in [0.5, 0.6) is 0 Å². The van der Waals surface area contributed by atoms with Crippen molar-refractivity contribution in [2.75, 3.05) is 0 Å². The molecule has 0 radical (unpaired) electrons. The molecule has 0 heterocycles. The monoisotopic (exact) mass is 314 g/mol. The first-order valence-corrected chi connectivity index (χ1v) is 8.77. The lowest BCUT2D eigenvalue weighted by atomic mass is 9.97. The Morgan fingerprint density at radius 3 is 2.57 bits per heavy atom. The normalized spacial score (nSPS) is 12.3. The lowest BCUT2D eigenvalue weighted by Gasteiger charge is -2.19. The van der Waals surface area contributed by atoms with Gasteiger partial charge in [0.1, 0.15) is 6.10 Å². The predicted molar refractivity (Wildman–Crippen MR) is 98.2 cm³/mol. The van der Waals surface area contributed by atoms with Gasteiger partial charge in [-0.05, 0) is 30.9 Å². The van der Waals surface area contributed by atoms with Crippen molar-refractivity contribution in [3.8, 4) is 0 Å². The second-order valence-corrected chi connectivity index (χ2v) is 5.82. The Labute approximate surface area is 141 Å². The van der Waals surface area contributed by atoms with Gasteiger partial charge in [0.25, 0.3) is 0 Å². The molecule has 0 bridgehead atoms. The molecular formula is C21H30O2. The Kier molecular flexibility index (Phi) is 9.78. The van der Waals surface area contributed by atoms with Gasteiger partial charge in [0, 0.05) is 6.08 Å². The topological polar surface area (TPSA) is 26.3 Å². The van der Waals surface area contributed by atoms with Crippen molar-refractivity contribution < 1.29 is 9.53 Å². The maximum atomic E-state index is 11.9. The molecule has 0 N–H and O–H groups in total. The van der Waals surface area contributed by atoms with Gasteiger partial charge in [-0.3, -0.25) is 0 Å². The highest BCUT2D eigenvalue weighted by molar-refractivity contribution is 5.82. The highest BCUT2D eigenvalue weighted by Gasteiger charge is 2.17. The van der Waals surface area contributed by atoms with Gasteiger partial charge in [0.05, 0.1) is 0 Å². The largest absolute Gasteiger partial charge is 0.454 e. The van der Waals surface area contributed by atoms with E-state index in [0.717, 1.165) is 24.0 Å². The van der Waals surface area contributed by atoms with Crippen molar-refractivity contribution in [3.05, 3.63) is 54.1 Å². The third-order valence-corrected chi connectivity index (χ3v) is 3.94. The van der Waals surface area contributed by atoms with E-state index in [0.29, 0.717) is 0 Å². The van der Waals surface area contributed by atoms with Crippen LogP contribution in [0.2, 0.25) is 0 Å². The summed E-state index contributed by atoms with van der Waals surface area (Å²) >= 11 is 0. The van der Waals surface area contributed by atoms with Crippen molar-refractivity contribution in [2.24, 2.45) is 0 Å². The number of ether oxygens (including phenoxy) is 1. The number of hydrogen-bond donors (Lipinski definition) is 0. The van der Waals surface area contributed by atoms with Gasteiger partial charge in [-0.15, -0.1) is 0 Å². The second kappa shape index (κ2) is 11.7. The molecule has 0 fully saturated rings. The molecular weight excluding hydrogens is 284 g/mol. The van der Waals surface area contributed by atoms with Crippen LogP contribution in [0.1, 0.15) is 76.0 Å². The maximum Gasteiger partial charge on any atom is 0.331 e. The Morgan fingerprint density at radius 1 is 1.17 bits per heavy atom. The Hall–Kier alpha value is -1.83. The minimum atomic E-state index is -0.276. The zero-order valence-corrected chi connectivity index (χ0v) is 14.6. The summed E-state index contributed by atoms with van der Waals surface area (Å²) in [6.45, 7) is 7.91. The first-order chi connectivity index (χ1) is 11.2. The van der Waals surface area contributed by atoms with Crippen LogP contribution in [0, 0.1) is 0 Å². The average Bonchev–Trinajstić information content (AvgIpc) is 2.57. The van der Waals surface area contributed by atoms with E-state index in [9.17, 15) is 4.79 Å². The van der Waals surface area contributed by atoms with E-state index >= 15 is 0 Å². The first-order valence-electron chi connectivity index (χ1n) is 8.77. The molecule has 0 aliphatic rings. The highest BCUT2D eigenvalue weighted by Crippen LogP contribution is 2.28. The third-order valence-electron chi connectivity index (χ3n) is 3.94. The summed E-state index contributed by atoms with van der Waals surface area (Å²) in [7, 11) is 0. The van der Waals surface area contributed by atoms with Crippen molar-refractivity contribution in [2.45, 2.75) is 64.9 Å². The van der Waals surface area contributed by atoms with Crippen molar-refractivity contribution in [1.82, 2.24) is 0 Å². The summed E-state index contributed by atoms with van der Waals surface area (Å²) in [6, 6.07) is 8.01. The number of rotatable bonds is 11. The molecule has 1 aromatic rings. The number of carbonyl (C=O) groups excluding carboxylic acids is 1. The average molecular weight is 314 g/mol. The van der Waals surface area contributed by atoms with E-state index in [1.54, 1.807) is 6.08 Å². The van der Waals surface area contributed by atoms with E-state index in [1.165, 1.54) is 38.2 Å². The van der Waals surface area contributed by atoms with E-state index in [1.807, 2.05) is 37.3 Å². The smallest absolute Gasteiger partial charge is 0.331 e. The fourth-order valence-corrected chi connectivity index (χ4v) is 2.69. The molecule has 23 heavy (non-hydrogen) atoms. The van der Waals surface area contributed by atoms with E-state index in [-0.39, 0.29) is 12.1 Å². The van der Waals surface area contributed by atoms with Crippen LogP contribution in [0.15, 0.2) is 43.0 Å². The molecule has 1 aromatic carbocycles. The van der Waals surface area contributed by atoms with Crippen molar-refractivity contribution in [1.29, 1.82) is 0 Å². The molecule has 1 unspecified atom stereocenters. The van der Waals surface area contributed by atoms with Gasteiger partial charge in [-0.25, -0.2) is 4.79 Å². The van der Waals surface area contributed by atoms with Crippen LogP contribution in [-0.2, 0) is 9.53 Å². The van der Waals surface area contributed by atoms with Gasteiger partial charge >= 0.3 is 5.97 Å². The molecule has 0 aliphatic carbocycles. The molecule has 126 valence electrons. The molecule has 1 rings (SSSR count). The summed E-state index contributed by atoms with van der Waals surface area (Å²) in [6.07, 6.45) is 13.1. The van der Waals surface area contributed by atoms with Crippen LogP contribution in [-0.4, -0.2) is 5.97 Å². The zero-order chi connectivity index (χ0) is 16.9. The summed E-state index contributed by atoms with van der Waals surface area (Å²) in [4.78, 5) is 11.9. The maximum absolute atomic E-state index is 11.9. The molecule has 0 saturated carbocycles. The van der Waals surface area contributed by atoms with Crippen molar-refractivity contribution in [3.63, 3.8) is 0 Å². The SMILES string of the molecule is C=Cc1ccccc1C(CCCCCCCC)OC(=O)/C=C/C. The predicted octanol–water partition coefficient (Wildman–Crippen LogP) is 6.24. The van der Waals surface area contributed by atoms with Crippen LogP contribution >= 0.6 is 0 Å². The number of allylic oxidation sites excluding steroid dienone is 1. The number of esters is 1. The number of benzene rings is 1. The fraction of sp³-hybridized carbons (Fsp3) is 0.476. The molecule has 2 nitrogen and oxygen atoms in total. The summed E-state index contributed by atoms with van der Waals surface area (Å²) < 4.78 is 5.67. The standard InChI is InChI=1S/C21H30O2/c1-4-7-8-9-10-11-17-20(23-21(22)14-5-2)19-16-13-12-15-18(19)6-3/h5-6,12-16,20H,3-4,7-11,17H2,1-2H3/b14-5+. The highest BCUT2D eigenvalue weighted by atomic mass is 16.5. The Morgan fingerprint density at radius 2 is 1.87 bits per heavy atom.